The third kappa shape index (κ3) is 5.33. The molecule has 1 aliphatic heterocycles. The van der Waals surface area contributed by atoms with Crippen LogP contribution in [0.5, 0.6) is 0 Å². The molecule has 2 atom stereocenters. The predicted molar refractivity (Wildman–Crippen MR) is 115 cm³/mol. The summed E-state index contributed by atoms with van der Waals surface area (Å²) in [5, 5.41) is 20.8. The molecule has 9 heteroatoms. The highest BCUT2D eigenvalue weighted by Crippen LogP contribution is 2.17. The Balaban J connectivity index is 0.00000150. The number of carbonyl (C=O) groups is 1. The molecular weight excluding hydrogens is 413 g/mol. The standard InChI is InChI=1S/C20H21N5O2.2ClH/c26-19(18-8-14-4-1-2-5-15(14)9-22-18)12-23-20(27)16-10-24-25(13-16)17-6-3-7-21-11-17;;/h1-7,10-11,13,18-19,22,26H,8-9,12H2,(H,23,27);2*1H/t18-,19+;;/m0../s1. The maximum Gasteiger partial charge on any atom is 0.254 e. The van der Waals surface area contributed by atoms with Crippen molar-refractivity contribution >= 4 is 30.7 Å². The van der Waals surface area contributed by atoms with Crippen molar-refractivity contribution in [2.24, 2.45) is 0 Å². The van der Waals surface area contributed by atoms with E-state index >= 15 is 0 Å². The summed E-state index contributed by atoms with van der Waals surface area (Å²) >= 11 is 0. The quantitative estimate of drug-likeness (QED) is 0.569. The minimum Gasteiger partial charge on any atom is -0.390 e. The van der Waals surface area contributed by atoms with Crippen LogP contribution < -0.4 is 10.6 Å². The van der Waals surface area contributed by atoms with Crippen LogP contribution in [0.2, 0.25) is 0 Å². The molecule has 3 aromatic rings. The summed E-state index contributed by atoms with van der Waals surface area (Å²) in [6, 6.07) is 11.8. The van der Waals surface area contributed by atoms with Crippen molar-refractivity contribution in [1.82, 2.24) is 25.4 Å². The number of amides is 1. The van der Waals surface area contributed by atoms with Gasteiger partial charge in [0.15, 0.2) is 0 Å². The van der Waals surface area contributed by atoms with Gasteiger partial charge in [-0.25, -0.2) is 4.68 Å². The first-order valence-electron chi connectivity index (χ1n) is 8.92. The molecule has 0 saturated heterocycles. The molecule has 29 heavy (non-hydrogen) atoms. The molecule has 2 aromatic heterocycles. The fraction of sp³-hybridized carbons (Fsp3) is 0.250. The van der Waals surface area contributed by atoms with E-state index in [1.807, 2.05) is 24.3 Å². The Labute approximate surface area is 181 Å². The predicted octanol–water partition coefficient (Wildman–Crippen LogP) is 1.92. The monoisotopic (exact) mass is 435 g/mol. The lowest BCUT2D eigenvalue weighted by Crippen LogP contribution is -2.49. The van der Waals surface area contributed by atoms with Crippen LogP contribution in [-0.2, 0) is 13.0 Å². The molecule has 0 aliphatic carbocycles. The van der Waals surface area contributed by atoms with E-state index in [0.29, 0.717) is 5.56 Å². The number of rotatable bonds is 5. The first-order valence-corrected chi connectivity index (χ1v) is 8.92. The Morgan fingerprint density at radius 2 is 2.00 bits per heavy atom. The Morgan fingerprint density at radius 3 is 2.76 bits per heavy atom. The molecule has 0 radical (unpaired) electrons. The molecule has 1 aliphatic rings. The summed E-state index contributed by atoms with van der Waals surface area (Å²) in [6.07, 6.45) is 6.57. The number of nitrogens with zero attached hydrogens (tertiary/aromatic N) is 3. The summed E-state index contributed by atoms with van der Waals surface area (Å²) in [4.78, 5) is 16.4. The van der Waals surface area contributed by atoms with Crippen LogP contribution >= 0.6 is 24.8 Å². The molecule has 0 spiro atoms. The van der Waals surface area contributed by atoms with Crippen molar-refractivity contribution in [3.63, 3.8) is 0 Å². The number of halogens is 2. The maximum absolute atomic E-state index is 12.4. The second-order valence-electron chi connectivity index (χ2n) is 6.62. The van der Waals surface area contributed by atoms with Crippen molar-refractivity contribution in [3.8, 4) is 5.69 Å². The third-order valence-corrected chi connectivity index (χ3v) is 4.80. The number of hydrogen-bond acceptors (Lipinski definition) is 5. The van der Waals surface area contributed by atoms with Gasteiger partial charge in [0, 0.05) is 31.5 Å². The fourth-order valence-electron chi connectivity index (χ4n) is 3.26. The molecule has 1 amide bonds. The second-order valence-corrected chi connectivity index (χ2v) is 6.62. The Kier molecular flexibility index (Phi) is 8.16. The SMILES string of the molecule is Cl.Cl.O=C(NC[C@@H](O)[C@@H]1Cc2ccccc2CN1)c1cnn(-c2cccnc2)c1. The third-order valence-electron chi connectivity index (χ3n) is 4.80. The van der Waals surface area contributed by atoms with Gasteiger partial charge >= 0.3 is 0 Å². The van der Waals surface area contributed by atoms with Gasteiger partial charge in [0.2, 0.25) is 0 Å². The van der Waals surface area contributed by atoms with Crippen molar-refractivity contribution in [2.75, 3.05) is 6.54 Å². The van der Waals surface area contributed by atoms with Crippen LogP contribution in [-0.4, -0.2) is 44.5 Å². The van der Waals surface area contributed by atoms with Crippen molar-refractivity contribution in [1.29, 1.82) is 0 Å². The molecule has 0 fully saturated rings. The molecule has 7 nitrogen and oxygen atoms in total. The summed E-state index contributed by atoms with van der Waals surface area (Å²) < 4.78 is 1.60. The highest BCUT2D eigenvalue weighted by Gasteiger charge is 2.24. The maximum atomic E-state index is 12.4. The zero-order valence-corrected chi connectivity index (χ0v) is 17.2. The Bertz CT molecular complexity index is 935. The van der Waals surface area contributed by atoms with Gasteiger partial charge in [-0.1, -0.05) is 24.3 Å². The smallest absolute Gasteiger partial charge is 0.254 e. The molecule has 0 unspecified atom stereocenters. The van der Waals surface area contributed by atoms with Crippen LogP contribution in [0.4, 0.5) is 0 Å². The molecule has 0 bridgehead atoms. The van der Waals surface area contributed by atoms with Gasteiger partial charge in [-0.3, -0.25) is 9.78 Å². The van der Waals surface area contributed by atoms with Crippen LogP contribution in [0, 0.1) is 0 Å². The fourth-order valence-corrected chi connectivity index (χ4v) is 3.26. The highest BCUT2D eigenvalue weighted by molar-refractivity contribution is 5.93. The summed E-state index contributed by atoms with van der Waals surface area (Å²) in [5.41, 5.74) is 3.71. The van der Waals surface area contributed by atoms with Crippen LogP contribution in [0.15, 0.2) is 61.2 Å². The van der Waals surface area contributed by atoms with E-state index in [9.17, 15) is 9.90 Å². The van der Waals surface area contributed by atoms with Crippen LogP contribution in [0.25, 0.3) is 5.69 Å². The average molecular weight is 436 g/mol. The van der Waals surface area contributed by atoms with Gasteiger partial charge in [-0.2, -0.15) is 5.10 Å². The van der Waals surface area contributed by atoms with E-state index < -0.39 is 6.10 Å². The zero-order chi connectivity index (χ0) is 18.6. The number of aliphatic hydroxyl groups is 1. The average Bonchev–Trinajstić information content (AvgIpc) is 3.22. The summed E-state index contributed by atoms with van der Waals surface area (Å²) in [6.45, 7) is 0.903. The minimum absolute atomic E-state index is 0. The van der Waals surface area contributed by atoms with Gasteiger partial charge in [-0.05, 0) is 29.7 Å². The van der Waals surface area contributed by atoms with Gasteiger partial charge in [0.05, 0.1) is 29.7 Å². The highest BCUT2D eigenvalue weighted by atomic mass is 35.5. The Hall–Kier alpha value is -2.45. The van der Waals surface area contributed by atoms with E-state index in [0.717, 1.165) is 18.7 Å². The zero-order valence-electron chi connectivity index (χ0n) is 15.6. The van der Waals surface area contributed by atoms with Crippen LogP contribution in [0.1, 0.15) is 21.5 Å². The molecular formula is C20H23Cl2N5O2. The van der Waals surface area contributed by atoms with Crippen LogP contribution in [0.3, 0.4) is 0 Å². The first kappa shape index (κ1) is 22.8. The molecule has 0 saturated carbocycles. The molecule has 154 valence electrons. The van der Waals surface area contributed by atoms with Gasteiger partial charge in [0.25, 0.3) is 5.91 Å². The van der Waals surface area contributed by atoms with E-state index in [2.05, 4.69) is 32.8 Å². The lowest BCUT2D eigenvalue weighted by atomic mass is 9.93. The molecule has 1 aromatic carbocycles. The van der Waals surface area contributed by atoms with Crippen molar-refractivity contribution in [2.45, 2.75) is 25.1 Å². The summed E-state index contributed by atoms with van der Waals surface area (Å²) in [7, 11) is 0. The van der Waals surface area contributed by atoms with E-state index in [-0.39, 0.29) is 43.3 Å². The van der Waals surface area contributed by atoms with Gasteiger partial charge in [-0.15, -0.1) is 24.8 Å². The number of carbonyl (C=O) groups excluding carboxylic acids is 1. The van der Waals surface area contributed by atoms with E-state index in [4.69, 9.17) is 0 Å². The number of benzene rings is 1. The summed E-state index contributed by atoms with van der Waals surface area (Å²) in [5.74, 6) is -0.264. The number of aliphatic hydroxyl groups excluding tert-OH is 1. The lowest BCUT2D eigenvalue weighted by Gasteiger charge is -2.29. The van der Waals surface area contributed by atoms with Gasteiger partial charge < -0.3 is 15.7 Å². The molecule has 3 N–H and O–H groups in total. The number of nitrogens with one attached hydrogen (secondary N) is 2. The number of fused-ring (bicyclic) bond motifs is 1. The molecule has 3 heterocycles. The minimum atomic E-state index is -0.671. The molecule has 4 rings (SSSR count). The van der Waals surface area contributed by atoms with E-state index in [1.165, 1.54) is 17.3 Å². The lowest BCUT2D eigenvalue weighted by molar-refractivity contribution is 0.0870. The normalized spacial score (nSPS) is 16.0. The van der Waals surface area contributed by atoms with E-state index in [1.54, 1.807) is 23.3 Å². The van der Waals surface area contributed by atoms with Crippen molar-refractivity contribution < 1.29 is 9.90 Å². The van der Waals surface area contributed by atoms with Gasteiger partial charge in [0.1, 0.15) is 0 Å². The topological polar surface area (TPSA) is 92.1 Å². The largest absolute Gasteiger partial charge is 0.390 e. The second kappa shape index (κ2) is 10.4. The Morgan fingerprint density at radius 1 is 1.21 bits per heavy atom. The number of hydrogen-bond donors (Lipinski definition) is 3. The number of aromatic nitrogens is 3. The first-order chi connectivity index (χ1) is 13.2. The van der Waals surface area contributed by atoms with Crippen molar-refractivity contribution in [3.05, 3.63) is 77.9 Å². The number of pyridine rings is 1.